The fourth-order valence-electron chi connectivity index (χ4n) is 1.46. The van der Waals surface area contributed by atoms with Crippen LogP contribution in [0.2, 0.25) is 0 Å². The van der Waals surface area contributed by atoms with Gasteiger partial charge in [-0.3, -0.25) is 10.1 Å². The largest absolute Gasteiger partial charge is 0.508 e. The summed E-state index contributed by atoms with van der Waals surface area (Å²) in [5, 5.41) is 15.9. The quantitative estimate of drug-likeness (QED) is 0.853. The first kappa shape index (κ1) is 12.2. The molecule has 18 heavy (non-hydrogen) atoms. The fraction of sp³-hybridized carbons (Fsp3) is 0.231. The van der Waals surface area contributed by atoms with E-state index in [1.54, 1.807) is 26.0 Å². The van der Waals surface area contributed by atoms with E-state index >= 15 is 0 Å². The Hall–Kier alpha value is -2.30. The lowest BCUT2D eigenvalue weighted by Crippen LogP contribution is -2.12. The molecule has 0 aliphatic heterocycles. The van der Waals surface area contributed by atoms with Crippen molar-refractivity contribution in [1.29, 1.82) is 0 Å². The van der Waals surface area contributed by atoms with Crippen molar-refractivity contribution in [2.75, 3.05) is 5.32 Å². The van der Waals surface area contributed by atoms with Crippen molar-refractivity contribution < 1.29 is 14.4 Å². The van der Waals surface area contributed by atoms with E-state index in [9.17, 15) is 9.90 Å². The molecule has 2 aromatic rings. The molecule has 0 radical (unpaired) electrons. The molecule has 2 rings (SSSR count). The minimum absolute atomic E-state index is 0.0909. The first-order valence-corrected chi connectivity index (χ1v) is 5.53. The van der Waals surface area contributed by atoms with Crippen molar-refractivity contribution in [1.82, 2.24) is 5.16 Å². The molecular weight excluding hydrogens is 232 g/mol. The molecule has 5 nitrogen and oxygen atoms in total. The predicted octanol–water partition coefficient (Wildman–Crippen LogP) is 2.56. The van der Waals surface area contributed by atoms with E-state index in [1.165, 1.54) is 6.07 Å². The number of aryl methyl sites for hydroxylation is 2. The molecule has 2 N–H and O–H groups in total. The van der Waals surface area contributed by atoms with Crippen LogP contribution in [0.25, 0.3) is 0 Å². The van der Waals surface area contributed by atoms with Crippen LogP contribution in [-0.4, -0.2) is 16.2 Å². The van der Waals surface area contributed by atoms with Gasteiger partial charge in [0.2, 0.25) is 5.88 Å². The molecule has 1 aromatic carbocycles. The smallest absolute Gasteiger partial charge is 0.258 e. The molecule has 0 unspecified atom stereocenters. The Morgan fingerprint density at radius 1 is 1.33 bits per heavy atom. The number of hydrogen-bond acceptors (Lipinski definition) is 4. The Morgan fingerprint density at radius 3 is 2.61 bits per heavy atom. The van der Waals surface area contributed by atoms with Crippen molar-refractivity contribution in [3.63, 3.8) is 0 Å². The molecule has 0 spiro atoms. The molecule has 1 aromatic heterocycles. The number of carbonyl (C=O) groups excluding carboxylic acids is 1. The van der Waals surface area contributed by atoms with Gasteiger partial charge in [-0.2, -0.15) is 0 Å². The van der Waals surface area contributed by atoms with Crippen molar-refractivity contribution in [2.45, 2.75) is 20.8 Å². The third-order valence-corrected chi connectivity index (χ3v) is 2.86. The van der Waals surface area contributed by atoms with Gasteiger partial charge in [0.25, 0.3) is 5.91 Å². The van der Waals surface area contributed by atoms with Gasteiger partial charge in [0.1, 0.15) is 5.75 Å². The second-order valence-corrected chi connectivity index (χ2v) is 4.18. The number of aromatic hydroxyl groups is 1. The lowest BCUT2D eigenvalue weighted by atomic mass is 10.1. The van der Waals surface area contributed by atoms with Crippen molar-refractivity contribution in [2.24, 2.45) is 0 Å². The number of amides is 1. The van der Waals surface area contributed by atoms with E-state index in [2.05, 4.69) is 10.5 Å². The summed E-state index contributed by atoms with van der Waals surface area (Å²) in [5.74, 6) is 0.0789. The highest BCUT2D eigenvalue weighted by Gasteiger charge is 2.13. The van der Waals surface area contributed by atoms with Gasteiger partial charge < -0.3 is 9.63 Å². The molecule has 0 bridgehead atoms. The summed E-state index contributed by atoms with van der Waals surface area (Å²) in [5.41, 5.74) is 2.61. The molecular formula is C13H14N2O3. The van der Waals surface area contributed by atoms with E-state index in [4.69, 9.17) is 4.52 Å². The summed E-state index contributed by atoms with van der Waals surface area (Å²) < 4.78 is 5.00. The van der Waals surface area contributed by atoms with Gasteiger partial charge in [-0.1, -0.05) is 11.2 Å². The topological polar surface area (TPSA) is 75.4 Å². The maximum absolute atomic E-state index is 11.9. The summed E-state index contributed by atoms with van der Waals surface area (Å²) in [6.07, 6.45) is 0. The molecule has 0 fully saturated rings. The second-order valence-electron chi connectivity index (χ2n) is 4.18. The summed E-state index contributed by atoms with van der Waals surface area (Å²) in [4.78, 5) is 11.9. The summed E-state index contributed by atoms with van der Waals surface area (Å²) >= 11 is 0. The average Bonchev–Trinajstić information content (AvgIpc) is 2.64. The number of carbonyl (C=O) groups is 1. The number of nitrogens with one attached hydrogen (secondary N) is 1. The molecule has 0 saturated heterocycles. The van der Waals surface area contributed by atoms with Crippen molar-refractivity contribution in [3.8, 4) is 5.75 Å². The normalized spacial score (nSPS) is 10.4. The molecule has 0 aliphatic rings. The predicted molar refractivity (Wildman–Crippen MR) is 66.8 cm³/mol. The van der Waals surface area contributed by atoms with Crippen LogP contribution in [0.1, 0.15) is 27.2 Å². The lowest BCUT2D eigenvalue weighted by Gasteiger charge is -2.04. The number of phenolic OH excluding ortho intramolecular Hbond substituents is 1. The zero-order chi connectivity index (χ0) is 13.3. The SMILES string of the molecule is Cc1ccc(C(=O)Nc2onc(C)c2C)cc1O. The highest BCUT2D eigenvalue weighted by atomic mass is 16.5. The Bertz CT molecular complexity index is 602. The molecule has 5 heteroatoms. The van der Waals surface area contributed by atoms with Crippen LogP contribution < -0.4 is 5.32 Å². The number of rotatable bonds is 2. The summed E-state index contributed by atoms with van der Waals surface area (Å²) in [6, 6.07) is 4.74. The van der Waals surface area contributed by atoms with Crippen LogP contribution in [0, 0.1) is 20.8 Å². The van der Waals surface area contributed by atoms with Crippen molar-refractivity contribution in [3.05, 3.63) is 40.6 Å². The molecule has 0 aliphatic carbocycles. The Balaban J connectivity index is 2.22. The van der Waals surface area contributed by atoms with Crippen LogP contribution in [0.3, 0.4) is 0 Å². The van der Waals surface area contributed by atoms with Gasteiger partial charge in [0.05, 0.1) is 5.69 Å². The van der Waals surface area contributed by atoms with E-state index in [-0.39, 0.29) is 11.7 Å². The zero-order valence-electron chi connectivity index (χ0n) is 10.4. The summed E-state index contributed by atoms with van der Waals surface area (Å²) in [6.45, 7) is 5.38. The lowest BCUT2D eigenvalue weighted by molar-refractivity contribution is 0.102. The Kier molecular flexibility index (Phi) is 3.06. The van der Waals surface area contributed by atoms with E-state index in [1.807, 2.05) is 6.92 Å². The number of hydrogen-bond donors (Lipinski definition) is 2. The number of anilines is 1. The highest BCUT2D eigenvalue weighted by molar-refractivity contribution is 6.04. The minimum atomic E-state index is -0.343. The van der Waals surface area contributed by atoms with Crippen LogP contribution >= 0.6 is 0 Å². The maximum atomic E-state index is 11.9. The first-order chi connectivity index (χ1) is 8.49. The third-order valence-electron chi connectivity index (χ3n) is 2.86. The van der Waals surface area contributed by atoms with E-state index < -0.39 is 0 Å². The fourth-order valence-corrected chi connectivity index (χ4v) is 1.46. The molecule has 1 heterocycles. The zero-order valence-corrected chi connectivity index (χ0v) is 10.4. The Labute approximate surface area is 104 Å². The van der Waals surface area contributed by atoms with Gasteiger partial charge in [-0.05, 0) is 38.5 Å². The van der Waals surface area contributed by atoms with Crippen LogP contribution in [-0.2, 0) is 0 Å². The van der Waals surface area contributed by atoms with E-state index in [0.29, 0.717) is 11.4 Å². The van der Waals surface area contributed by atoms with Gasteiger partial charge in [0, 0.05) is 11.1 Å². The van der Waals surface area contributed by atoms with Gasteiger partial charge in [0.15, 0.2) is 0 Å². The number of aromatic nitrogens is 1. The first-order valence-electron chi connectivity index (χ1n) is 5.53. The Morgan fingerprint density at radius 2 is 2.06 bits per heavy atom. The van der Waals surface area contributed by atoms with Crippen LogP contribution in [0.15, 0.2) is 22.7 Å². The second kappa shape index (κ2) is 4.52. The third kappa shape index (κ3) is 2.20. The molecule has 1 amide bonds. The molecule has 0 saturated carbocycles. The molecule has 0 atom stereocenters. The van der Waals surface area contributed by atoms with Gasteiger partial charge in [-0.15, -0.1) is 0 Å². The van der Waals surface area contributed by atoms with Crippen LogP contribution in [0.5, 0.6) is 5.75 Å². The maximum Gasteiger partial charge on any atom is 0.258 e. The number of nitrogens with zero attached hydrogens (tertiary/aromatic N) is 1. The monoisotopic (exact) mass is 246 g/mol. The van der Waals surface area contributed by atoms with Gasteiger partial charge in [-0.25, -0.2) is 0 Å². The summed E-state index contributed by atoms with van der Waals surface area (Å²) in [7, 11) is 0. The number of benzene rings is 1. The van der Waals surface area contributed by atoms with Gasteiger partial charge >= 0.3 is 0 Å². The van der Waals surface area contributed by atoms with Crippen LogP contribution in [0.4, 0.5) is 5.88 Å². The average molecular weight is 246 g/mol. The minimum Gasteiger partial charge on any atom is -0.508 e. The number of phenols is 1. The highest BCUT2D eigenvalue weighted by Crippen LogP contribution is 2.21. The molecule has 94 valence electrons. The van der Waals surface area contributed by atoms with Crippen molar-refractivity contribution >= 4 is 11.8 Å². The standard InChI is InChI=1S/C13H14N2O3/c1-7-4-5-10(6-11(7)16)12(17)14-13-8(2)9(3)15-18-13/h4-6,16H,1-3H3,(H,14,17). The van der Waals surface area contributed by atoms with E-state index in [0.717, 1.165) is 16.8 Å².